The third-order valence-corrected chi connectivity index (χ3v) is 3.77. The molecule has 0 bridgehead atoms. The van der Waals surface area contributed by atoms with E-state index in [1.165, 1.54) is 0 Å². The van der Waals surface area contributed by atoms with Crippen molar-refractivity contribution in [1.29, 1.82) is 0 Å². The molecule has 1 heterocycles. The van der Waals surface area contributed by atoms with Crippen LogP contribution in [0.25, 0.3) is 11.4 Å². The summed E-state index contributed by atoms with van der Waals surface area (Å²) in [6, 6.07) is 18.3. The maximum Gasteiger partial charge on any atom is 0.335 e. The molecule has 0 atom stereocenters. The van der Waals surface area contributed by atoms with Crippen molar-refractivity contribution in [3.05, 3.63) is 71.9 Å². The Labute approximate surface area is 146 Å². The Morgan fingerprint density at radius 1 is 1.00 bits per heavy atom. The first-order valence-corrected chi connectivity index (χ1v) is 8.07. The lowest BCUT2D eigenvalue weighted by Crippen LogP contribution is -2.03. The van der Waals surface area contributed by atoms with Gasteiger partial charge in [-0.1, -0.05) is 44.2 Å². The van der Waals surface area contributed by atoms with Gasteiger partial charge in [0.15, 0.2) is 5.82 Å². The van der Waals surface area contributed by atoms with E-state index >= 15 is 0 Å². The van der Waals surface area contributed by atoms with Crippen molar-refractivity contribution < 1.29 is 9.90 Å². The van der Waals surface area contributed by atoms with Crippen molar-refractivity contribution in [3.8, 4) is 11.4 Å². The summed E-state index contributed by atoms with van der Waals surface area (Å²) < 4.78 is 0. The Morgan fingerprint density at radius 2 is 1.68 bits per heavy atom. The van der Waals surface area contributed by atoms with E-state index in [2.05, 4.69) is 29.1 Å². The lowest BCUT2D eigenvalue weighted by molar-refractivity contribution is 0.0697. The predicted molar refractivity (Wildman–Crippen MR) is 98.2 cm³/mol. The first-order chi connectivity index (χ1) is 12.0. The van der Waals surface area contributed by atoms with Gasteiger partial charge in [0, 0.05) is 23.0 Å². The highest BCUT2D eigenvalue weighted by Gasteiger charge is 2.10. The average molecular weight is 333 g/mol. The Bertz CT molecular complexity index is 875. The molecule has 2 N–H and O–H groups in total. The number of hydrogen-bond acceptors (Lipinski definition) is 4. The Balaban J connectivity index is 1.95. The third kappa shape index (κ3) is 4.01. The van der Waals surface area contributed by atoms with Gasteiger partial charge in [-0.3, -0.25) is 0 Å². The van der Waals surface area contributed by atoms with Crippen LogP contribution in [0.4, 0.5) is 11.5 Å². The molecule has 1 aromatic heterocycles. The predicted octanol–water partition coefficient (Wildman–Crippen LogP) is 4.71. The highest BCUT2D eigenvalue weighted by molar-refractivity contribution is 5.88. The molecular weight excluding hydrogens is 314 g/mol. The average Bonchev–Trinajstić information content (AvgIpc) is 2.62. The summed E-state index contributed by atoms with van der Waals surface area (Å²) >= 11 is 0. The molecule has 2 aromatic carbocycles. The summed E-state index contributed by atoms with van der Waals surface area (Å²) in [5.74, 6) is 0.666. The molecule has 3 rings (SSSR count). The number of nitrogens with zero attached hydrogens (tertiary/aromatic N) is 2. The zero-order valence-corrected chi connectivity index (χ0v) is 14.1. The molecule has 126 valence electrons. The van der Waals surface area contributed by atoms with Crippen LogP contribution in [0.3, 0.4) is 0 Å². The number of rotatable bonds is 5. The smallest absolute Gasteiger partial charge is 0.335 e. The van der Waals surface area contributed by atoms with Gasteiger partial charge in [0.1, 0.15) is 5.82 Å². The number of carboxylic acid groups (broad SMARTS) is 1. The van der Waals surface area contributed by atoms with E-state index in [1.54, 1.807) is 24.3 Å². The Kier molecular flexibility index (Phi) is 4.75. The van der Waals surface area contributed by atoms with Crippen molar-refractivity contribution in [1.82, 2.24) is 9.97 Å². The van der Waals surface area contributed by atoms with Gasteiger partial charge < -0.3 is 10.4 Å². The van der Waals surface area contributed by atoms with Crippen LogP contribution in [-0.4, -0.2) is 21.0 Å². The Hall–Kier alpha value is -3.21. The summed E-state index contributed by atoms with van der Waals surface area (Å²) in [4.78, 5) is 20.2. The number of carboxylic acids is 1. The number of carbonyl (C=O) groups is 1. The third-order valence-electron chi connectivity index (χ3n) is 3.77. The van der Waals surface area contributed by atoms with E-state index < -0.39 is 5.97 Å². The maximum atomic E-state index is 11.0. The summed E-state index contributed by atoms with van der Waals surface area (Å²) in [6.45, 7) is 4.17. The number of hydrogen-bond donors (Lipinski definition) is 2. The number of anilines is 2. The zero-order valence-electron chi connectivity index (χ0n) is 14.1. The number of aromatic carboxylic acids is 1. The molecular formula is C20H19N3O2. The van der Waals surface area contributed by atoms with Crippen LogP contribution in [0.5, 0.6) is 0 Å². The molecule has 5 heteroatoms. The van der Waals surface area contributed by atoms with Gasteiger partial charge in [-0.2, -0.15) is 0 Å². The van der Waals surface area contributed by atoms with E-state index in [4.69, 9.17) is 5.11 Å². The molecule has 0 aliphatic carbocycles. The van der Waals surface area contributed by atoms with Gasteiger partial charge in [-0.15, -0.1) is 0 Å². The molecule has 0 aliphatic rings. The fraction of sp³-hybridized carbons (Fsp3) is 0.150. The van der Waals surface area contributed by atoms with E-state index in [1.807, 2.05) is 36.4 Å². The van der Waals surface area contributed by atoms with Crippen molar-refractivity contribution >= 4 is 17.5 Å². The van der Waals surface area contributed by atoms with Crippen molar-refractivity contribution in [2.75, 3.05) is 5.32 Å². The van der Waals surface area contributed by atoms with Crippen molar-refractivity contribution in [3.63, 3.8) is 0 Å². The van der Waals surface area contributed by atoms with Crippen LogP contribution >= 0.6 is 0 Å². The minimum Gasteiger partial charge on any atom is -0.478 e. The summed E-state index contributed by atoms with van der Waals surface area (Å²) in [6.07, 6.45) is 0. The largest absolute Gasteiger partial charge is 0.478 e. The van der Waals surface area contributed by atoms with Gasteiger partial charge in [0.25, 0.3) is 0 Å². The minimum absolute atomic E-state index is 0.251. The number of nitrogens with one attached hydrogen (secondary N) is 1. The monoisotopic (exact) mass is 333 g/mol. The second-order valence-corrected chi connectivity index (χ2v) is 6.03. The molecule has 0 aliphatic heterocycles. The van der Waals surface area contributed by atoms with Crippen LogP contribution in [0.1, 0.15) is 35.8 Å². The standard InChI is InChI=1S/C20H19N3O2/c1-13(2)17-12-18(21-16-10-8-15(9-11-16)20(24)25)23-19(22-17)14-6-4-3-5-7-14/h3-13H,1-2H3,(H,24,25)(H,21,22,23). The lowest BCUT2D eigenvalue weighted by atomic mass is 10.1. The number of aromatic nitrogens is 2. The van der Waals surface area contributed by atoms with Crippen LogP contribution in [0.2, 0.25) is 0 Å². The van der Waals surface area contributed by atoms with Crippen molar-refractivity contribution in [2.45, 2.75) is 19.8 Å². The number of benzene rings is 2. The second-order valence-electron chi connectivity index (χ2n) is 6.03. The topological polar surface area (TPSA) is 75.1 Å². The molecule has 0 fully saturated rings. The highest BCUT2D eigenvalue weighted by atomic mass is 16.4. The molecule has 0 amide bonds. The molecule has 5 nitrogen and oxygen atoms in total. The Morgan fingerprint density at radius 3 is 2.28 bits per heavy atom. The van der Waals surface area contributed by atoms with E-state index in [0.29, 0.717) is 11.6 Å². The quantitative estimate of drug-likeness (QED) is 0.707. The van der Waals surface area contributed by atoms with Gasteiger partial charge >= 0.3 is 5.97 Å². The fourth-order valence-corrected chi connectivity index (χ4v) is 2.39. The van der Waals surface area contributed by atoms with E-state index in [0.717, 1.165) is 16.9 Å². The van der Waals surface area contributed by atoms with Crippen LogP contribution in [0, 0.1) is 0 Å². The van der Waals surface area contributed by atoms with Crippen LogP contribution < -0.4 is 5.32 Å². The highest BCUT2D eigenvalue weighted by Crippen LogP contribution is 2.24. The SMILES string of the molecule is CC(C)c1cc(Nc2ccc(C(=O)O)cc2)nc(-c2ccccc2)n1. The first-order valence-electron chi connectivity index (χ1n) is 8.07. The fourth-order valence-electron chi connectivity index (χ4n) is 2.39. The molecule has 0 radical (unpaired) electrons. The van der Waals surface area contributed by atoms with E-state index in [-0.39, 0.29) is 11.5 Å². The zero-order chi connectivity index (χ0) is 17.8. The second kappa shape index (κ2) is 7.13. The van der Waals surface area contributed by atoms with Gasteiger partial charge in [0.05, 0.1) is 5.56 Å². The van der Waals surface area contributed by atoms with Gasteiger partial charge in [-0.25, -0.2) is 14.8 Å². The van der Waals surface area contributed by atoms with Crippen LogP contribution in [0.15, 0.2) is 60.7 Å². The van der Waals surface area contributed by atoms with Crippen molar-refractivity contribution in [2.24, 2.45) is 0 Å². The molecule has 0 saturated heterocycles. The molecule has 0 spiro atoms. The van der Waals surface area contributed by atoms with E-state index in [9.17, 15) is 4.79 Å². The summed E-state index contributed by atoms with van der Waals surface area (Å²) in [7, 11) is 0. The maximum absolute atomic E-state index is 11.0. The summed E-state index contributed by atoms with van der Waals surface area (Å²) in [5.41, 5.74) is 2.92. The molecule has 3 aromatic rings. The first kappa shape index (κ1) is 16.6. The minimum atomic E-state index is -0.943. The molecule has 0 unspecified atom stereocenters. The van der Waals surface area contributed by atoms with Crippen LogP contribution in [-0.2, 0) is 0 Å². The lowest BCUT2D eigenvalue weighted by Gasteiger charge is -2.12. The van der Waals surface area contributed by atoms with Gasteiger partial charge in [0.2, 0.25) is 0 Å². The van der Waals surface area contributed by atoms with Gasteiger partial charge in [-0.05, 0) is 30.2 Å². The molecule has 0 saturated carbocycles. The summed E-state index contributed by atoms with van der Waals surface area (Å²) in [5, 5.41) is 12.2. The molecule has 25 heavy (non-hydrogen) atoms. The normalized spacial score (nSPS) is 10.7.